The van der Waals surface area contributed by atoms with Crippen molar-refractivity contribution in [3.63, 3.8) is 0 Å². The summed E-state index contributed by atoms with van der Waals surface area (Å²) in [5.74, 6) is 0.349. The van der Waals surface area contributed by atoms with Gasteiger partial charge < -0.3 is 10.1 Å². The molecule has 0 spiro atoms. The van der Waals surface area contributed by atoms with Gasteiger partial charge in [0.2, 0.25) is 0 Å². The number of methoxy groups -OCH3 is 1. The summed E-state index contributed by atoms with van der Waals surface area (Å²) in [5, 5.41) is 3.47. The molecule has 1 N–H and O–H groups in total. The summed E-state index contributed by atoms with van der Waals surface area (Å²) in [6.07, 6.45) is 3.38. The Morgan fingerprint density at radius 1 is 1.26 bits per heavy atom. The summed E-state index contributed by atoms with van der Waals surface area (Å²) >= 11 is 0. The summed E-state index contributed by atoms with van der Waals surface area (Å²) < 4.78 is 18.3. The molecule has 0 saturated heterocycles. The van der Waals surface area contributed by atoms with Crippen molar-refractivity contribution in [3.8, 4) is 0 Å². The first-order chi connectivity index (χ1) is 9.15. The van der Waals surface area contributed by atoms with Crippen LogP contribution in [0.2, 0.25) is 0 Å². The highest BCUT2D eigenvalue weighted by Gasteiger charge is 2.13. The molecule has 1 rings (SSSR count). The molecule has 1 aromatic carbocycles. The zero-order valence-electron chi connectivity index (χ0n) is 12.3. The minimum Gasteiger partial charge on any atom is -0.382 e. The van der Waals surface area contributed by atoms with Gasteiger partial charge in [-0.05, 0) is 62.9 Å². The van der Waals surface area contributed by atoms with E-state index in [1.165, 1.54) is 17.7 Å². The minimum absolute atomic E-state index is 0.172. The van der Waals surface area contributed by atoms with Crippen LogP contribution in [-0.2, 0) is 11.2 Å². The Hall–Kier alpha value is -0.930. The van der Waals surface area contributed by atoms with E-state index in [0.717, 1.165) is 32.4 Å². The van der Waals surface area contributed by atoms with Crippen molar-refractivity contribution in [2.75, 3.05) is 20.2 Å². The van der Waals surface area contributed by atoms with Crippen LogP contribution in [-0.4, -0.2) is 26.3 Å². The Morgan fingerprint density at radius 2 is 1.95 bits per heavy atom. The second-order valence-corrected chi connectivity index (χ2v) is 5.18. The van der Waals surface area contributed by atoms with Crippen LogP contribution in [0.5, 0.6) is 0 Å². The summed E-state index contributed by atoms with van der Waals surface area (Å²) in [6.45, 7) is 6.29. The molecule has 0 amide bonds. The van der Waals surface area contributed by atoms with E-state index >= 15 is 0 Å². The van der Waals surface area contributed by atoms with Gasteiger partial charge in [-0.2, -0.15) is 0 Å². The highest BCUT2D eigenvalue weighted by atomic mass is 19.1. The normalized spacial score (nSPS) is 14.3. The molecule has 0 aliphatic rings. The van der Waals surface area contributed by atoms with E-state index < -0.39 is 0 Å². The topological polar surface area (TPSA) is 21.3 Å². The molecule has 0 fully saturated rings. The Labute approximate surface area is 116 Å². The maximum Gasteiger partial charge on any atom is 0.123 e. The minimum atomic E-state index is -0.172. The van der Waals surface area contributed by atoms with Gasteiger partial charge in [-0.1, -0.05) is 19.1 Å². The van der Waals surface area contributed by atoms with Gasteiger partial charge in [-0.15, -0.1) is 0 Å². The number of benzene rings is 1. The van der Waals surface area contributed by atoms with Crippen LogP contribution < -0.4 is 5.32 Å². The van der Waals surface area contributed by atoms with E-state index in [-0.39, 0.29) is 11.9 Å². The second kappa shape index (κ2) is 9.05. The molecule has 108 valence electrons. The first-order valence-corrected chi connectivity index (χ1v) is 7.13. The number of halogens is 1. The third-order valence-corrected chi connectivity index (χ3v) is 3.37. The van der Waals surface area contributed by atoms with Gasteiger partial charge in [-0.3, -0.25) is 0 Å². The number of hydrogen-bond donors (Lipinski definition) is 1. The zero-order valence-corrected chi connectivity index (χ0v) is 12.3. The molecule has 3 heteroatoms. The molecule has 2 unspecified atom stereocenters. The van der Waals surface area contributed by atoms with Crippen molar-refractivity contribution in [2.24, 2.45) is 5.92 Å². The van der Waals surface area contributed by atoms with Crippen LogP contribution in [0.3, 0.4) is 0 Å². The third kappa shape index (κ3) is 6.69. The van der Waals surface area contributed by atoms with Crippen LogP contribution in [0.25, 0.3) is 0 Å². The Balaban J connectivity index is 2.53. The smallest absolute Gasteiger partial charge is 0.123 e. The van der Waals surface area contributed by atoms with Crippen LogP contribution in [0.4, 0.5) is 4.39 Å². The van der Waals surface area contributed by atoms with Crippen LogP contribution in [0.15, 0.2) is 24.3 Å². The molecular formula is C16H26FNO. The highest BCUT2D eigenvalue weighted by molar-refractivity contribution is 5.16. The molecule has 0 aromatic heterocycles. The molecule has 0 radical (unpaired) electrons. The van der Waals surface area contributed by atoms with E-state index in [1.54, 1.807) is 7.11 Å². The number of rotatable bonds is 9. The van der Waals surface area contributed by atoms with Crippen LogP contribution in [0, 0.1) is 11.7 Å². The summed E-state index contributed by atoms with van der Waals surface area (Å²) in [4.78, 5) is 0. The van der Waals surface area contributed by atoms with Crippen LogP contribution >= 0.6 is 0 Å². The summed E-state index contributed by atoms with van der Waals surface area (Å²) in [5.41, 5.74) is 1.19. The lowest BCUT2D eigenvalue weighted by Crippen LogP contribution is -2.27. The average molecular weight is 267 g/mol. The second-order valence-electron chi connectivity index (χ2n) is 5.18. The van der Waals surface area contributed by atoms with E-state index in [9.17, 15) is 4.39 Å². The first kappa shape index (κ1) is 16.1. The van der Waals surface area contributed by atoms with Gasteiger partial charge in [0.05, 0.1) is 6.10 Å². The number of ether oxygens (including phenoxy) is 1. The monoisotopic (exact) mass is 267 g/mol. The largest absolute Gasteiger partial charge is 0.382 e. The van der Waals surface area contributed by atoms with Crippen LogP contribution in [0.1, 0.15) is 32.3 Å². The quantitative estimate of drug-likeness (QED) is 0.692. The number of hydrogen-bond acceptors (Lipinski definition) is 2. The first-order valence-electron chi connectivity index (χ1n) is 7.13. The van der Waals surface area contributed by atoms with E-state index in [0.29, 0.717) is 5.92 Å². The zero-order chi connectivity index (χ0) is 14.1. The van der Waals surface area contributed by atoms with E-state index in [2.05, 4.69) is 19.2 Å². The third-order valence-electron chi connectivity index (χ3n) is 3.37. The molecule has 0 bridgehead atoms. The molecule has 0 heterocycles. The van der Waals surface area contributed by atoms with Gasteiger partial charge >= 0.3 is 0 Å². The molecule has 0 saturated carbocycles. The standard InChI is InChI=1S/C16H26FNO/c1-4-9-18-12-15(10-13(2)19-3)11-14-5-7-16(17)8-6-14/h5-8,13,15,18H,4,9-12H2,1-3H3. The summed E-state index contributed by atoms with van der Waals surface area (Å²) in [6, 6.07) is 6.82. The fourth-order valence-corrected chi connectivity index (χ4v) is 2.24. The van der Waals surface area contributed by atoms with Gasteiger partial charge in [0, 0.05) is 7.11 Å². The lowest BCUT2D eigenvalue weighted by atomic mass is 9.94. The maximum absolute atomic E-state index is 12.9. The lowest BCUT2D eigenvalue weighted by Gasteiger charge is -2.21. The molecule has 0 aliphatic heterocycles. The molecular weight excluding hydrogens is 241 g/mol. The van der Waals surface area contributed by atoms with Crippen molar-refractivity contribution >= 4 is 0 Å². The fourth-order valence-electron chi connectivity index (χ4n) is 2.24. The van der Waals surface area contributed by atoms with Crippen molar-refractivity contribution in [3.05, 3.63) is 35.6 Å². The summed E-state index contributed by atoms with van der Waals surface area (Å²) in [7, 11) is 1.75. The molecule has 0 aliphatic carbocycles. The van der Waals surface area contributed by atoms with Crippen molar-refractivity contribution in [1.82, 2.24) is 5.32 Å². The predicted octanol–water partition coefficient (Wildman–Crippen LogP) is 3.41. The molecule has 19 heavy (non-hydrogen) atoms. The molecule has 2 nitrogen and oxygen atoms in total. The molecule has 1 aromatic rings. The van der Waals surface area contributed by atoms with Gasteiger partial charge in [-0.25, -0.2) is 4.39 Å². The fraction of sp³-hybridized carbons (Fsp3) is 0.625. The van der Waals surface area contributed by atoms with Gasteiger partial charge in [0.25, 0.3) is 0 Å². The molecule has 2 atom stereocenters. The van der Waals surface area contributed by atoms with E-state index in [1.807, 2.05) is 12.1 Å². The highest BCUT2D eigenvalue weighted by Crippen LogP contribution is 2.15. The SMILES string of the molecule is CCCNCC(Cc1ccc(F)cc1)CC(C)OC. The van der Waals surface area contributed by atoms with Crippen molar-refractivity contribution in [1.29, 1.82) is 0 Å². The van der Waals surface area contributed by atoms with Crippen molar-refractivity contribution < 1.29 is 9.13 Å². The Kier molecular flexibility index (Phi) is 7.68. The maximum atomic E-state index is 12.9. The van der Waals surface area contributed by atoms with Gasteiger partial charge in [0.1, 0.15) is 5.82 Å². The van der Waals surface area contributed by atoms with E-state index in [4.69, 9.17) is 4.74 Å². The average Bonchev–Trinajstić information content (AvgIpc) is 2.41. The predicted molar refractivity (Wildman–Crippen MR) is 77.8 cm³/mol. The lowest BCUT2D eigenvalue weighted by molar-refractivity contribution is 0.0946. The number of nitrogens with one attached hydrogen (secondary N) is 1. The van der Waals surface area contributed by atoms with Crippen molar-refractivity contribution in [2.45, 2.75) is 39.2 Å². The Morgan fingerprint density at radius 3 is 2.53 bits per heavy atom. The van der Waals surface area contributed by atoms with Gasteiger partial charge in [0.15, 0.2) is 0 Å². The Bertz CT molecular complexity index is 339.